The van der Waals surface area contributed by atoms with Gasteiger partial charge in [-0.1, -0.05) is 109 Å². The molecule has 0 radical (unpaired) electrons. The number of piperazine rings is 2. The van der Waals surface area contributed by atoms with E-state index < -0.39 is 49.1 Å². The van der Waals surface area contributed by atoms with E-state index >= 15 is 0 Å². The summed E-state index contributed by atoms with van der Waals surface area (Å²) in [5, 5.41) is 0. The van der Waals surface area contributed by atoms with Crippen LogP contribution >= 0.6 is 0 Å². The number of para-hydroxylation sites is 1. The maximum atomic E-state index is 12.8. The van der Waals surface area contributed by atoms with Gasteiger partial charge in [0.15, 0.2) is 0 Å². The zero-order valence-electron chi connectivity index (χ0n) is 38.1. The van der Waals surface area contributed by atoms with Gasteiger partial charge in [-0.05, 0) is 65.4 Å². The summed E-state index contributed by atoms with van der Waals surface area (Å²) in [6.07, 6.45) is -34.5. The third kappa shape index (κ3) is 15.3. The van der Waals surface area contributed by atoms with Crippen molar-refractivity contribution in [2.75, 3.05) is 52.4 Å². The van der Waals surface area contributed by atoms with Gasteiger partial charge in [0.1, 0.15) is 11.5 Å². The van der Waals surface area contributed by atoms with Crippen molar-refractivity contribution < 1.29 is 76.5 Å². The van der Waals surface area contributed by atoms with Crippen LogP contribution in [0.3, 0.4) is 0 Å². The van der Waals surface area contributed by atoms with Crippen molar-refractivity contribution in [2.24, 2.45) is 0 Å². The molecule has 7 rings (SSSR count). The highest BCUT2D eigenvalue weighted by atomic mass is 19.4. The summed E-state index contributed by atoms with van der Waals surface area (Å²) in [6.45, 7) is 5.76. The fraction of sp³-hybridized carbons (Fsp3) is 0.360. The van der Waals surface area contributed by atoms with E-state index in [4.69, 9.17) is 4.74 Å². The average molecular weight is 1010 g/mol. The van der Waals surface area contributed by atoms with Crippen molar-refractivity contribution in [3.63, 3.8) is 0 Å². The Morgan fingerprint density at radius 2 is 0.873 bits per heavy atom. The van der Waals surface area contributed by atoms with Gasteiger partial charge in [0, 0.05) is 71.0 Å². The maximum Gasteiger partial charge on any atom is 0.434 e. The first kappa shape index (κ1) is 53.9. The van der Waals surface area contributed by atoms with E-state index in [1.54, 1.807) is 0 Å². The Bertz CT molecular complexity index is 2510. The zero-order valence-corrected chi connectivity index (χ0v) is 38.1. The molecule has 0 saturated carbocycles. The van der Waals surface area contributed by atoms with Crippen molar-refractivity contribution in [2.45, 2.75) is 63.9 Å². The maximum absolute atomic E-state index is 12.8. The van der Waals surface area contributed by atoms with Crippen LogP contribution in [0.15, 0.2) is 121 Å². The molecule has 2 aliphatic rings. The van der Waals surface area contributed by atoms with E-state index in [0.717, 1.165) is 54.3 Å². The van der Waals surface area contributed by atoms with E-state index in [0.29, 0.717) is 37.7 Å². The summed E-state index contributed by atoms with van der Waals surface area (Å²) in [6, 6.07) is 39.0. The van der Waals surface area contributed by atoms with Crippen molar-refractivity contribution in [3.05, 3.63) is 144 Å². The first-order valence-electron chi connectivity index (χ1n) is 22.1. The Kier molecular flexibility index (Phi) is 17.2. The molecule has 2 heterocycles. The Hall–Kier alpha value is -6.48. The van der Waals surface area contributed by atoms with E-state index in [9.17, 15) is 62.3 Å². The third-order valence-electron chi connectivity index (χ3n) is 11.5. The van der Waals surface area contributed by atoms with Gasteiger partial charge in [0.2, 0.25) is 0 Å². The number of hydrogen-bond acceptors (Lipinski definition) is 7. The topological polar surface area (TPSA) is 74.8 Å². The smallest absolute Gasteiger partial charge is 0.434 e. The minimum Gasteiger partial charge on any atom is -0.457 e. The lowest BCUT2D eigenvalue weighted by atomic mass is 9.99. The van der Waals surface area contributed by atoms with Gasteiger partial charge in [0.25, 0.3) is 12.2 Å². The lowest BCUT2D eigenvalue weighted by Gasteiger charge is -2.35. The second kappa shape index (κ2) is 22.7. The lowest BCUT2D eigenvalue weighted by Crippen LogP contribution is -2.52. The molecular formula is C50H48F12N4O5. The highest BCUT2D eigenvalue weighted by Gasteiger charge is 2.61. The number of ether oxygens (including phenoxy) is 3. The Balaban J connectivity index is 0.000000237. The van der Waals surface area contributed by atoms with Crippen LogP contribution in [0.1, 0.15) is 22.3 Å². The summed E-state index contributed by atoms with van der Waals surface area (Å²) < 4.78 is 166. The van der Waals surface area contributed by atoms with Gasteiger partial charge in [-0.2, -0.15) is 52.7 Å². The fourth-order valence-electron chi connectivity index (χ4n) is 7.73. The molecule has 0 N–H and O–H groups in total. The van der Waals surface area contributed by atoms with Crippen LogP contribution in [0.25, 0.3) is 22.3 Å². The van der Waals surface area contributed by atoms with Crippen LogP contribution in [0.4, 0.5) is 62.3 Å². The second-order valence-electron chi connectivity index (χ2n) is 16.8. The van der Waals surface area contributed by atoms with E-state index in [-0.39, 0.29) is 39.3 Å². The van der Waals surface area contributed by atoms with Crippen LogP contribution in [0.2, 0.25) is 0 Å². The molecule has 9 nitrogen and oxygen atoms in total. The van der Waals surface area contributed by atoms with Crippen molar-refractivity contribution in [1.82, 2.24) is 19.6 Å². The van der Waals surface area contributed by atoms with Crippen molar-refractivity contribution in [3.8, 4) is 33.8 Å². The largest absolute Gasteiger partial charge is 0.457 e. The highest BCUT2D eigenvalue weighted by Crippen LogP contribution is 2.38. The molecule has 2 aliphatic heterocycles. The Morgan fingerprint density at radius 3 is 1.32 bits per heavy atom. The van der Waals surface area contributed by atoms with Crippen molar-refractivity contribution >= 4 is 12.2 Å². The number of amides is 2. The number of carbonyl (C=O) groups is 2. The SMILES string of the molecule is Cc1cc(-c2ccccc2)ccc1CN1CCN(C(=O)OC(C(F)(F)F)C(F)(F)F)CC1.Cc1cccc(-c2ccc(CN3CCN(C(=O)OC(C(F)(F)F)C(F)(F)F)CC3)c(Oc3ccccc3)c2)c1. The number of halogens is 12. The molecule has 5 aromatic rings. The number of carbonyl (C=O) groups excluding carboxylic acids is 2. The number of alkyl halides is 12. The number of nitrogens with zero attached hydrogens (tertiary/aromatic N) is 4. The minimum absolute atomic E-state index is 0.0254. The molecule has 0 atom stereocenters. The molecule has 2 amide bonds. The molecule has 0 aliphatic carbocycles. The first-order chi connectivity index (χ1) is 33.3. The van der Waals surface area contributed by atoms with E-state index in [1.165, 1.54) is 0 Å². The molecular weight excluding hydrogens is 965 g/mol. The highest BCUT2D eigenvalue weighted by molar-refractivity contribution is 5.69. The number of hydrogen-bond donors (Lipinski definition) is 0. The number of aryl methyl sites for hydroxylation is 2. The van der Waals surface area contributed by atoms with Crippen LogP contribution < -0.4 is 4.74 Å². The van der Waals surface area contributed by atoms with Gasteiger partial charge >= 0.3 is 36.9 Å². The zero-order chi connectivity index (χ0) is 51.7. The predicted molar refractivity (Wildman–Crippen MR) is 238 cm³/mol. The lowest BCUT2D eigenvalue weighted by molar-refractivity contribution is -0.309. The first-order valence-corrected chi connectivity index (χ1v) is 22.1. The molecule has 21 heteroatoms. The second-order valence-corrected chi connectivity index (χ2v) is 16.8. The number of rotatable bonds is 10. The molecule has 382 valence electrons. The average Bonchev–Trinajstić information content (AvgIpc) is 3.31. The molecule has 71 heavy (non-hydrogen) atoms. The third-order valence-corrected chi connectivity index (χ3v) is 11.5. The fourth-order valence-corrected chi connectivity index (χ4v) is 7.73. The van der Waals surface area contributed by atoms with Gasteiger partial charge in [-0.3, -0.25) is 9.80 Å². The molecule has 2 fully saturated rings. The Morgan fingerprint density at radius 1 is 0.465 bits per heavy atom. The minimum atomic E-state index is -5.75. The monoisotopic (exact) mass is 1010 g/mol. The quantitative estimate of drug-likeness (QED) is 0.129. The summed E-state index contributed by atoms with van der Waals surface area (Å²) in [7, 11) is 0. The normalized spacial score (nSPS) is 15.3. The molecule has 0 spiro atoms. The number of benzene rings is 5. The molecule has 0 bridgehead atoms. The molecule has 2 saturated heterocycles. The van der Waals surface area contributed by atoms with Crippen LogP contribution in [-0.4, -0.2) is 121 Å². The molecule has 0 aromatic heterocycles. The van der Waals surface area contributed by atoms with Gasteiger partial charge < -0.3 is 24.0 Å². The summed E-state index contributed by atoms with van der Waals surface area (Å²) in [4.78, 5) is 29.6. The summed E-state index contributed by atoms with van der Waals surface area (Å²) in [5.41, 5.74) is 8.18. The van der Waals surface area contributed by atoms with Gasteiger partial charge in [0.05, 0.1) is 0 Å². The standard InChI is InChI=1S/C28H26F6N2O3.C22H22F6N2O2/c1-19-6-5-7-20(16-19)21-10-11-22(24(17-21)38-23-8-3-2-4-9-23)18-35-12-14-36(15-13-35)26(37)39-25(27(29,30)31)28(32,33)34;1-15-13-17(16-5-3-2-4-6-16)7-8-18(15)14-29-9-11-30(12-10-29)20(31)32-19(21(23,24)25)22(26,27)28/h2-11,16-17,25H,12-15,18H2,1H3;2-8,13,19H,9-12,14H2,1H3. The molecule has 5 aromatic carbocycles. The van der Waals surface area contributed by atoms with Crippen molar-refractivity contribution in [1.29, 1.82) is 0 Å². The van der Waals surface area contributed by atoms with Gasteiger partial charge in [-0.15, -0.1) is 0 Å². The van der Waals surface area contributed by atoms with Gasteiger partial charge in [-0.25, -0.2) is 9.59 Å². The predicted octanol–water partition coefficient (Wildman–Crippen LogP) is 12.6. The van der Waals surface area contributed by atoms with Crippen LogP contribution in [0, 0.1) is 13.8 Å². The van der Waals surface area contributed by atoms with Crippen LogP contribution in [0.5, 0.6) is 11.5 Å². The summed E-state index contributed by atoms with van der Waals surface area (Å²) >= 11 is 0. The van der Waals surface area contributed by atoms with E-state index in [2.05, 4.69) is 21.6 Å². The summed E-state index contributed by atoms with van der Waals surface area (Å²) in [5.74, 6) is 1.25. The Labute approximate surface area is 401 Å². The van der Waals surface area contributed by atoms with E-state index in [1.807, 2.05) is 133 Å². The molecule has 0 unspecified atom stereocenters. The van der Waals surface area contributed by atoms with Crippen LogP contribution in [-0.2, 0) is 22.6 Å².